The van der Waals surface area contributed by atoms with Crippen LogP contribution in [0.5, 0.6) is 0 Å². The Morgan fingerprint density at radius 1 is 1.07 bits per heavy atom. The summed E-state index contributed by atoms with van der Waals surface area (Å²) >= 11 is 0. The van der Waals surface area contributed by atoms with Crippen LogP contribution in [0.15, 0.2) is 46.9 Å². The van der Waals surface area contributed by atoms with E-state index in [4.69, 9.17) is 9.52 Å². The van der Waals surface area contributed by atoms with Crippen LogP contribution in [0.4, 0.5) is 4.39 Å². The minimum atomic E-state index is -0.789. The lowest BCUT2D eigenvalue weighted by molar-refractivity contribution is -0.137. The molecule has 0 bridgehead atoms. The summed E-state index contributed by atoms with van der Waals surface area (Å²) < 4.78 is 20.6. The third-order valence-corrected chi connectivity index (χ3v) is 5.77. The first-order valence-corrected chi connectivity index (χ1v) is 10.1. The predicted molar refractivity (Wildman–Crippen MR) is 108 cm³/mol. The lowest BCUT2D eigenvalue weighted by Crippen LogP contribution is -1.95. The maximum Gasteiger partial charge on any atom is 0.303 e. The number of unbranched alkanes of at least 4 members (excludes halogenated alkanes) is 1. The van der Waals surface area contributed by atoms with Crippen molar-refractivity contribution >= 4 is 16.9 Å². The zero-order valence-corrected chi connectivity index (χ0v) is 15.9. The van der Waals surface area contributed by atoms with Gasteiger partial charge in [0.2, 0.25) is 0 Å². The molecule has 146 valence electrons. The number of carboxylic acid groups (broad SMARTS) is 1. The third-order valence-electron chi connectivity index (χ3n) is 5.77. The van der Waals surface area contributed by atoms with Gasteiger partial charge in [-0.05, 0) is 79.5 Å². The van der Waals surface area contributed by atoms with E-state index in [0.717, 1.165) is 23.0 Å². The Balaban J connectivity index is 1.51. The first kappa shape index (κ1) is 18.7. The molecule has 1 aromatic heterocycles. The van der Waals surface area contributed by atoms with E-state index in [1.165, 1.54) is 37.3 Å². The molecule has 28 heavy (non-hydrogen) atoms. The van der Waals surface area contributed by atoms with Gasteiger partial charge in [-0.15, -0.1) is 0 Å². The monoisotopic (exact) mass is 380 g/mol. The van der Waals surface area contributed by atoms with Crippen LogP contribution in [0.3, 0.4) is 0 Å². The van der Waals surface area contributed by atoms with Crippen molar-refractivity contribution in [3.8, 4) is 11.3 Å². The van der Waals surface area contributed by atoms with E-state index in [9.17, 15) is 9.18 Å². The zero-order valence-electron chi connectivity index (χ0n) is 15.9. The molecule has 4 rings (SSSR count). The minimum Gasteiger partial charge on any atom is -0.481 e. The Hall–Kier alpha value is -2.62. The molecule has 1 aliphatic rings. The number of hydrogen-bond acceptors (Lipinski definition) is 2. The maximum absolute atomic E-state index is 14.7. The molecule has 0 radical (unpaired) electrons. The highest BCUT2D eigenvalue weighted by molar-refractivity contribution is 5.83. The number of benzene rings is 2. The number of furan rings is 1. The molecule has 0 aliphatic heterocycles. The normalized spacial score (nSPS) is 14.8. The van der Waals surface area contributed by atoms with Crippen molar-refractivity contribution in [2.75, 3.05) is 0 Å². The van der Waals surface area contributed by atoms with Crippen LogP contribution in [0.2, 0.25) is 0 Å². The van der Waals surface area contributed by atoms with E-state index in [0.29, 0.717) is 30.1 Å². The fraction of sp³-hybridized carbons (Fsp3) is 0.375. The fourth-order valence-corrected chi connectivity index (χ4v) is 4.23. The molecule has 3 aromatic rings. The van der Waals surface area contributed by atoms with Crippen LogP contribution in [0, 0.1) is 5.82 Å². The Labute approximate surface area is 164 Å². The standard InChI is InChI=1S/C24H25FO3/c25-21-13-16(5-1-4-8-24(26)27)9-11-20(21)23-15-19-14-18(10-12-22(19)28-23)17-6-2-3-7-17/h9-15,17H,1-8H2,(H,26,27). The van der Waals surface area contributed by atoms with E-state index in [-0.39, 0.29) is 12.2 Å². The second-order valence-electron chi connectivity index (χ2n) is 7.80. The fourth-order valence-electron chi connectivity index (χ4n) is 4.23. The molecular weight excluding hydrogens is 355 g/mol. The zero-order chi connectivity index (χ0) is 19.5. The van der Waals surface area contributed by atoms with Crippen molar-refractivity contribution in [1.82, 2.24) is 0 Å². The summed E-state index contributed by atoms with van der Waals surface area (Å²) in [6.45, 7) is 0. The molecule has 1 saturated carbocycles. The molecule has 1 N–H and O–H groups in total. The molecule has 0 saturated heterocycles. The number of aliphatic carboxylic acids is 1. The van der Waals surface area contributed by atoms with Gasteiger partial charge in [-0.3, -0.25) is 4.79 Å². The molecule has 2 aromatic carbocycles. The Morgan fingerprint density at radius 3 is 2.64 bits per heavy atom. The van der Waals surface area contributed by atoms with Crippen LogP contribution < -0.4 is 0 Å². The molecule has 0 amide bonds. The molecule has 4 heteroatoms. The topological polar surface area (TPSA) is 50.4 Å². The number of carboxylic acids is 1. The number of aryl methyl sites for hydroxylation is 1. The summed E-state index contributed by atoms with van der Waals surface area (Å²) in [4.78, 5) is 10.6. The second-order valence-corrected chi connectivity index (χ2v) is 7.80. The first-order chi connectivity index (χ1) is 13.6. The SMILES string of the molecule is O=C(O)CCCCc1ccc(-c2cc3cc(C4CCCC4)ccc3o2)c(F)c1. The summed E-state index contributed by atoms with van der Waals surface area (Å²) in [5.41, 5.74) is 3.49. The number of rotatable bonds is 7. The summed E-state index contributed by atoms with van der Waals surface area (Å²) in [6.07, 6.45) is 7.26. The van der Waals surface area contributed by atoms with Gasteiger partial charge in [0.25, 0.3) is 0 Å². The molecule has 1 aliphatic carbocycles. The van der Waals surface area contributed by atoms with Crippen molar-refractivity contribution in [3.63, 3.8) is 0 Å². The third kappa shape index (κ3) is 4.11. The highest BCUT2D eigenvalue weighted by Crippen LogP contribution is 2.37. The number of hydrogen-bond donors (Lipinski definition) is 1. The lowest BCUT2D eigenvalue weighted by atomic mass is 9.96. The van der Waals surface area contributed by atoms with Crippen LogP contribution in [-0.4, -0.2) is 11.1 Å². The van der Waals surface area contributed by atoms with E-state index >= 15 is 0 Å². The summed E-state index contributed by atoms with van der Waals surface area (Å²) in [6, 6.07) is 13.5. The second kappa shape index (κ2) is 8.17. The van der Waals surface area contributed by atoms with Crippen molar-refractivity contribution in [1.29, 1.82) is 0 Å². The number of carbonyl (C=O) groups is 1. The summed E-state index contributed by atoms with van der Waals surface area (Å²) in [7, 11) is 0. The van der Waals surface area contributed by atoms with Crippen LogP contribution in [-0.2, 0) is 11.2 Å². The highest BCUT2D eigenvalue weighted by atomic mass is 19.1. The van der Waals surface area contributed by atoms with Gasteiger partial charge in [0.15, 0.2) is 0 Å². The van der Waals surface area contributed by atoms with E-state index in [2.05, 4.69) is 12.1 Å². The van der Waals surface area contributed by atoms with E-state index in [1.54, 1.807) is 6.07 Å². The minimum absolute atomic E-state index is 0.155. The van der Waals surface area contributed by atoms with Gasteiger partial charge in [-0.25, -0.2) is 4.39 Å². The van der Waals surface area contributed by atoms with E-state index < -0.39 is 5.97 Å². The van der Waals surface area contributed by atoms with Crippen LogP contribution in [0.25, 0.3) is 22.3 Å². The Kier molecular flexibility index (Phi) is 5.47. The van der Waals surface area contributed by atoms with Gasteiger partial charge >= 0.3 is 5.97 Å². The quantitative estimate of drug-likeness (QED) is 0.464. The van der Waals surface area contributed by atoms with Gasteiger partial charge in [-0.2, -0.15) is 0 Å². The molecule has 1 fully saturated rings. The van der Waals surface area contributed by atoms with Crippen molar-refractivity contribution < 1.29 is 18.7 Å². The maximum atomic E-state index is 14.7. The smallest absolute Gasteiger partial charge is 0.303 e. The van der Waals surface area contributed by atoms with Crippen molar-refractivity contribution in [2.45, 2.75) is 57.3 Å². The number of halogens is 1. The van der Waals surface area contributed by atoms with Gasteiger partial charge in [0.05, 0.1) is 5.56 Å². The van der Waals surface area contributed by atoms with Crippen molar-refractivity contribution in [2.24, 2.45) is 0 Å². The Morgan fingerprint density at radius 2 is 1.89 bits per heavy atom. The van der Waals surface area contributed by atoms with Crippen LogP contribution >= 0.6 is 0 Å². The van der Waals surface area contributed by atoms with Gasteiger partial charge in [-0.1, -0.05) is 25.0 Å². The lowest BCUT2D eigenvalue weighted by Gasteiger charge is -2.08. The summed E-state index contributed by atoms with van der Waals surface area (Å²) in [5.74, 6) is 0.0988. The molecule has 0 spiro atoms. The van der Waals surface area contributed by atoms with Gasteiger partial charge in [0, 0.05) is 11.8 Å². The van der Waals surface area contributed by atoms with E-state index in [1.807, 2.05) is 18.2 Å². The van der Waals surface area contributed by atoms with Gasteiger partial charge < -0.3 is 9.52 Å². The van der Waals surface area contributed by atoms with Crippen LogP contribution in [0.1, 0.15) is 62.0 Å². The Bertz CT molecular complexity index is 983. The molecule has 1 heterocycles. The average Bonchev–Trinajstić information content (AvgIpc) is 3.34. The van der Waals surface area contributed by atoms with Crippen molar-refractivity contribution in [3.05, 3.63) is 59.4 Å². The molecule has 0 atom stereocenters. The largest absolute Gasteiger partial charge is 0.481 e. The predicted octanol–water partition coefficient (Wildman–Crippen LogP) is 6.69. The summed E-state index contributed by atoms with van der Waals surface area (Å²) in [5, 5.41) is 9.71. The molecular formula is C24H25FO3. The molecule has 3 nitrogen and oxygen atoms in total. The highest BCUT2D eigenvalue weighted by Gasteiger charge is 2.18. The number of fused-ring (bicyclic) bond motifs is 1. The first-order valence-electron chi connectivity index (χ1n) is 10.1. The van der Waals surface area contributed by atoms with Gasteiger partial charge in [0.1, 0.15) is 17.2 Å². The molecule has 0 unspecified atom stereocenters. The average molecular weight is 380 g/mol.